The number of carboxylic acid groups (broad SMARTS) is 1. The molecule has 2 rings (SSSR count). The molecule has 130 valence electrons. The molecule has 0 radical (unpaired) electrons. The summed E-state index contributed by atoms with van der Waals surface area (Å²) in [6, 6.07) is 0. The average molecular weight is 345 g/mol. The number of piperidine rings is 1. The predicted molar refractivity (Wildman–Crippen MR) is 82.6 cm³/mol. The number of carboxylic acids is 1. The number of hydrogen-bond donors (Lipinski definition) is 2. The van der Waals surface area contributed by atoms with Gasteiger partial charge in [-0.15, -0.1) is 0 Å². The fourth-order valence-electron chi connectivity index (χ4n) is 3.13. The molecule has 8 nitrogen and oxygen atoms in total. The van der Waals surface area contributed by atoms with Crippen molar-refractivity contribution in [3.63, 3.8) is 0 Å². The minimum absolute atomic E-state index is 0.0436. The summed E-state index contributed by atoms with van der Waals surface area (Å²) in [5, 5.41) is 16.2. The fraction of sp³-hybridized carbons (Fsp3) is 0.714. The number of methoxy groups -OCH3 is 1. The lowest BCUT2D eigenvalue weighted by atomic mass is 9.78. The molecule has 1 aliphatic rings. The molecule has 23 heavy (non-hydrogen) atoms. The highest BCUT2D eigenvalue weighted by molar-refractivity contribution is 7.89. The molecule has 0 aliphatic carbocycles. The zero-order valence-electron chi connectivity index (χ0n) is 13.6. The lowest BCUT2D eigenvalue weighted by Gasteiger charge is -2.39. The van der Waals surface area contributed by atoms with Gasteiger partial charge in [-0.3, -0.25) is 9.89 Å². The monoisotopic (exact) mass is 345 g/mol. The number of aliphatic carboxylic acids is 1. The van der Waals surface area contributed by atoms with E-state index in [4.69, 9.17) is 4.74 Å². The maximum absolute atomic E-state index is 12.9. The van der Waals surface area contributed by atoms with Gasteiger partial charge in [-0.1, -0.05) is 0 Å². The molecule has 0 spiro atoms. The van der Waals surface area contributed by atoms with Gasteiger partial charge in [-0.05, 0) is 33.1 Å². The number of sulfonamides is 1. The second-order valence-electron chi connectivity index (χ2n) is 6.03. The van der Waals surface area contributed by atoms with Crippen molar-refractivity contribution in [2.24, 2.45) is 5.41 Å². The molecule has 0 amide bonds. The number of aromatic amines is 1. The Morgan fingerprint density at radius 2 is 2.17 bits per heavy atom. The van der Waals surface area contributed by atoms with Crippen molar-refractivity contribution in [3.8, 4) is 0 Å². The van der Waals surface area contributed by atoms with Gasteiger partial charge in [-0.2, -0.15) is 9.40 Å². The van der Waals surface area contributed by atoms with Crippen molar-refractivity contribution in [2.75, 3.05) is 26.8 Å². The molecule has 9 heteroatoms. The number of aryl methyl sites for hydroxylation is 2. The third kappa shape index (κ3) is 3.26. The van der Waals surface area contributed by atoms with Crippen LogP contribution < -0.4 is 0 Å². The number of aromatic nitrogens is 2. The van der Waals surface area contributed by atoms with Gasteiger partial charge >= 0.3 is 5.97 Å². The molecule has 1 aromatic rings. The first-order chi connectivity index (χ1) is 10.7. The first-order valence-electron chi connectivity index (χ1n) is 7.49. The SMILES string of the molecule is COCC[C@]1(C(=O)O)CCCN(S(=O)(=O)c2c(C)n[nH]c2C)C1. The Labute approximate surface area is 135 Å². The highest BCUT2D eigenvalue weighted by Gasteiger charge is 2.46. The number of H-pyrrole nitrogens is 1. The quantitative estimate of drug-likeness (QED) is 0.793. The normalized spacial score (nSPS) is 23.1. The topological polar surface area (TPSA) is 113 Å². The molecule has 0 aromatic carbocycles. The molecular weight excluding hydrogens is 322 g/mol. The van der Waals surface area contributed by atoms with Crippen molar-refractivity contribution in [1.29, 1.82) is 0 Å². The third-order valence-corrected chi connectivity index (χ3v) is 6.55. The van der Waals surface area contributed by atoms with Crippen molar-refractivity contribution in [1.82, 2.24) is 14.5 Å². The fourth-order valence-corrected chi connectivity index (χ4v) is 5.02. The Bertz CT molecular complexity index is 665. The number of nitrogens with one attached hydrogen (secondary N) is 1. The van der Waals surface area contributed by atoms with Gasteiger partial charge in [0.15, 0.2) is 0 Å². The number of hydrogen-bond acceptors (Lipinski definition) is 5. The van der Waals surface area contributed by atoms with Crippen LogP contribution in [0.25, 0.3) is 0 Å². The van der Waals surface area contributed by atoms with Crippen molar-refractivity contribution in [3.05, 3.63) is 11.4 Å². The van der Waals surface area contributed by atoms with Crippen molar-refractivity contribution < 1.29 is 23.1 Å². The molecule has 1 saturated heterocycles. The first kappa shape index (κ1) is 17.9. The molecule has 1 aromatic heterocycles. The van der Waals surface area contributed by atoms with Crippen LogP contribution in [0.4, 0.5) is 0 Å². The Morgan fingerprint density at radius 1 is 1.48 bits per heavy atom. The van der Waals surface area contributed by atoms with Gasteiger partial charge < -0.3 is 9.84 Å². The molecule has 1 aliphatic heterocycles. The molecule has 1 fully saturated rings. The van der Waals surface area contributed by atoms with E-state index in [1.54, 1.807) is 13.8 Å². The van der Waals surface area contributed by atoms with Crippen LogP contribution in [0, 0.1) is 19.3 Å². The zero-order valence-corrected chi connectivity index (χ0v) is 14.4. The Kier molecular flexibility index (Phi) is 5.12. The summed E-state index contributed by atoms with van der Waals surface area (Å²) in [6.45, 7) is 3.82. The van der Waals surface area contributed by atoms with E-state index < -0.39 is 21.4 Å². The number of rotatable bonds is 6. The van der Waals surface area contributed by atoms with Crippen LogP contribution >= 0.6 is 0 Å². The largest absolute Gasteiger partial charge is 0.481 e. The van der Waals surface area contributed by atoms with Crippen LogP contribution in [0.3, 0.4) is 0 Å². The molecular formula is C14H23N3O5S. The number of carbonyl (C=O) groups is 1. The molecule has 1 atom stereocenters. The summed E-state index contributed by atoms with van der Waals surface area (Å²) in [6.07, 6.45) is 1.24. The van der Waals surface area contributed by atoms with E-state index in [1.165, 1.54) is 11.4 Å². The van der Waals surface area contributed by atoms with Gasteiger partial charge in [0.2, 0.25) is 10.0 Å². The highest BCUT2D eigenvalue weighted by atomic mass is 32.2. The minimum atomic E-state index is -3.77. The van der Waals surface area contributed by atoms with E-state index in [0.29, 0.717) is 30.8 Å². The molecule has 2 N–H and O–H groups in total. The predicted octanol–water partition coefficient (Wildman–Crippen LogP) is 0.919. The van der Waals surface area contributed by atoms with Crippen molar-refractivity contribution >= 4 is 16.0 Å². The highest BCUT2D eigenvalue weighted by Crippen LogP contribution is 2.37. The standard InChI is InChI=1S/C14H23N3O5S/c1-10-12(11(2)16-15-10)23(20,21)17-7-4-5-14(9-17,13(18)19)6-8-22-3/h4-9H2,1-3H3,(H,15,16)(H,18,19)/t14-/m1/s1. The smallest absolute Gasteiger partial charge is 0.311 e. The second kappa shape index (κ2) is 6.58. The summed E-state index contributed by atoms with van der Waals surface area (Å²) in [5.74, 6) is -0.977. The maximum Gasteiger partial charge on any atom is 0.311 e. The average Bonchev–Trinajstić information content (AvgIpc) is 2.84. The van der Waals surface area contributed by atoms with E-state index in [9.17, 15) is 18.3 Å². The summed E-state index contributed by atoms with van der Waals surface area (Å²) < 4.78 is 32.1. The Morgan fingerprint density at radius 3 is 2.70 bits per heavy atom. The van der Waals surface area contributed by atoms with Gasteiger partial charge in [0, 0.05) is 26.8 Å². The van der Waals surface area contributed by atoms with E-state index in [0.717, 1.165) is 0 Å². The summed E-state index contributed by atoms with van der Waals surface area (Å²) in [4.78, 5) is 11.9. The summed E-state index contributed by atoms with van der Waals surface area (Å²) in [7, 11) is -2.27. The minimum Gasteiger partial charge on any atom is -0.481 e. The van der Waals surface area contributed by atoms with Crippen LogP contribution in [0.2, 0.25) is 0 Å². The van der Waals surface area contributed by atoms with Crippen LogP contribution in [-0.2, 0) is 19.6 Å². The number of nitrogens with zero attached hydrogens (tertiary/aromatic N) is 2. The maximum atomic E-state index is 12.9. The summed E-state index contributed by atoms with van der Waals surface area (Å²) >= 11 is 0. The van der Waals surface area contributed by atoms with Gasteiger partial charge in [0.05, 0.1) is 16.8 Å². The van der Waals surface area contributed by atoms with Crippen LogP contribution in [-0.4, -0.2) is 60.8 Å². The lowest BCUT2D eigenvalue weighted by molar-refractivity contribution is -0.152. The molecule has 0 bridgehead atoms. The van der Waals surface area contributed by atoms with E-state index in [2.05, 4.69) is 10.2 Å². The lowest BCUT2D eigenvalue weighted by Crippen LogP contribution is -2.50. The van der Waals surface area contributed by atoms with Crippen molar-refractivity contribution in [2.45, 2.75) is 38.0 Å². The molecule has 2 heterocycles. The van der Waals surface area contributed by atoms with Gasteiger partial charge in [0.1, 0.15) is 4.90 Å². The van der Waals surface area contributed by atoms with E-state index in [1.807, 2.05) is 0 Å². The van der Waals surface area contributed by atoms with E-state index in [-0.39, 0.29) is 24.5 Å². The van der Waals surface area contributed by atoms with Gasteiger partial charge in [-0.25, -0.2) is 8.42 Å². The molecule has 0 unspecified atom stereocenters. The van der Waals surface area contributed by atoms with Gasteiger partial charge in [0.25, 0.3) is 0 Å². The number of ether oxygens (including phenoxy) is 1. The molecule has 0 saturated carbocycles. The Hall–Kier alpha value is -1.45. The zero-order chi connectivity index (χ0) is 17.3. The van der Waals surface area contributed by atoms with Crippen LogP contribution in [0.1, 0.15) is 30.7 Å². The Balaban J connectivity index is 2.35. The first-order valence-corrected chi connectivity index (χ1v) is 8.93. The van der Waals surface area contributed by atoms with Crippen LogP contribution in [0.15, 0.2) is 4.90 Å². The second-order valence-corrected chi connectivity index (χ2v) is 7.91. The summed E-state index contributed by atoms with van der Waals surface area (Å²) in [5.41, 5.74) is -0.246. The third-order valence-electron chi connectivity index (χ3n) is 4.44. The van der Waals surface area contributed by atoms with Crippen LogP contribution in [0.5, 0.6) is 0 Å². The van der Waals surface area contributed by atoms with E-state index >= 15 is 0 Å².